The van der Waals surface area contributed by atoms with Crippen LogP contribution in [0.5, 0.6) is 0 Å². The predicted molar refractivity (Wildman–Crippen MR) is 72.8 cm³/mol. The first kappa shape index (κ1) is 12.9. The summed E-state index contributed by atoms with van der Waals surface area (Å²) in [6.07, 6.45) is 0. The zero-order chi connectivity index (χ0) is 13.1. The van der Waals surface area contributed by atoms with Gasteiger partial charge in [-0.15, -0.1) is 11.3 Å². The number of rotatable bonds is 4. The molecule has 1 aromatic heterocycles. The zero-order valence-corrected chi connectivity index (χ0v) is 11.1. The van der Waals surface area contributed by atoms with Gasteiger partial charge in [0.25, 0.3) is 0 Å². The van der Waals surface area contributed by atoms with Gasteiger partial charge in [0.15, 0.2) is 0 Å². The Kier molecular flexibility index (Phi) is 3.90. The number of fused-ring (bicyclic) bond motifs is 1. The summed E-state index contributed by atoms with van der Waals surface area (Å²) in [6, 6.07) is 4.95. The van der Waals surface area contributed by atoms with Gasteiger partial charge in [0.2, 0.25) is 5.91 Å². The predicted octanol–water partition coefficient (Wildman–Crippen LogP) is 1.52. The van der Waals surface area contributed by atoms with Crippen molar-refractivity contribution in [3.63, 3.8) is 0 Å². The largest absolute Gasteiger partial charge is 0.383 e. The average Bonchev–Trinajstić information content (AvgIpc) is 2.68. The monoisotopic (exact) mass is 265 g/mol. The molecule has 0 fully saturated rings. The number of nitrogens with one attached hydrogen (secondary N) is 1. The number of aromatic nitrogens is 1. The maximum absolute atomic E-state index is 11.7. The van der Waals surface area contributed by atoms with Gasteiger partial charge in [-0.3, -0.25) is 4.79 Å². The maximum Gasteiger partial charge on any atom is 0.243 e. The summed E-state index contributed by atoms with van der Waals surface area (Å²) in [5.74, 6) is -0.252. The highest BCUT2D eigenvalue weighted by Gasteiger charge is 2.13. The van der Waals surface area contributed by atoms with Crippen LogP contribution in [0, 0.1) is 6.92 Å². The number of nitrogens with zero attached hydrogens (tertiary/aromatic N) is 1. The van der Waals surface area contributed by atoms with Crippen molar-refractivity contribution in [1.29, 1.82) is 0 Å². The molecule has 1 unspecified atom stereocenters. The Morgan fingerprint density at radius 1 is 1.61 bits per heavy atom. The molecule has 1 aromatic carbocycles. The Balaban J connectivity index is 2.14. The van der Waals surface area contributed by atoms with E-state index in [4.69, 9.17) is 10.5 Å². The molecule has 0 aliphatic carbocycles. The maximum atomic E-state index is 11.7. The van der Waals surface area contributed by atoms with Crippen molar-refractivity contribution in [2.45, 2.75) is 13.0 Å². The number of nitrogens with two attached hydrogens (primary N) is 1. The molecule has 0 saturated heterocycles. The smallest absolute Gasteiger partial charge is 0.243 e. The van der Waals surface area contributed by atoms with Gasteiger partial charge < -0.3 is 15.8 Å². The van der Waals surface area contributed by atoms with Crippen LogP contribution in [0.1, 0.15) is 5.01 Å². The number of carbonyl (C=O) groups is 1. The molecule has 96 valence electrons. The van der Waals surface area contributed by atoms with Crippen LogP contribution in [0.2, 0.25) is 0 Å². The lowest BCUT2D eigenvalue weighted by Crippen LogP contribution is -2.39. The van der Waals surface area contributed by atoms with Crippen molar-refractivity contribution < 1.29 is 9.53 Å². The van der Waals surface area contributed by atoms with Crippen LogP contribution in [-0.2, 0) is 9.53 Å². The van der Waals surface area contributed by atoms with Crippen LogP contribution in [-0.4, -0.2) is 30.6 Å². The normalized spacial score (nSPS) is 12.6. The first-order valence-electron chi connectivity index (χ1n) is 5.52. The number of anilines is 1. The lowest BCUT2D eigenvalue weighted by Gasteiger charge is -2.10. The zero-order valence-electron chi connectivity index (χ0n) is 10.3. The van der Waals surface area contributed by atoms with E-state index in [0.29, 0.717) is 0 Å². The number of aryl methyl sites for hydroxylation is 1. The standard InChI is InChI=1S/C12H15N3O2S/c1-7-14-10-4-3-8(5-11(10)18-7)15-12(16)9(13)6-17-2/h3-5,9H,6,13H2,1-2H3,(H,15,16). The summed E-state index contributed by atoms with van der Waals surface area (Å²) in [5.41, 5.74) is 7.31. The van der Waals surface area contributed by atoms with Gasteiger partial charge in [0, 0.05) is 12.8 Å². The molecule has 0 radical (unpaired) electrons. The van der Waals surface area contributed by atoms with Crippen molar-refractivity contribution in [2.24, 2.45) is 5.73 Å². The summed E-state index contributed by atoms with van der Waals surface area (Å²) in [7, 11) is 1.51. The summed E-state index contributed by atoms with van der Waals surface area (Å²) in [4.78, 5) is 16.1. The lowest BCUT2D eigenvalue weighted by molar-refractivity contribution is -0.118. The average molecular weight is 265 g/mol. The first-order chi connectivity index (χ1) is 8.60. The highest BCUT2D eigenvalue weighted by molar-refractivity contribution is 7.18. The molecule has 1 atom stereocenters. The number of benzene rings is 1. The number of hydrogen-bond donors (Lipinski definition) is 2. The van der Waals surface area contributed by atoms with Gasteiger partial charge in [-0.25, -0.2) is 4.98 Å². The molecule has 1 amide bonds. The van der Waals surface area contributed by atoms with E-state index in [1.54, 1.807) is 11.3 Å². The first-order valence-corrected chi connectivity index (χ1v) is 6.34. The SMILES string of the molecule is COCC(N)C(=O)Nc1ccc2nc(C)sc2c1. The van der Waals surface area contributed by atoms with E-state index >= 15 is 0 Å². The topological polar surface area (TPSA) is 77.2 Å². The Hall–Kier alpha value is -1.50. The van der Waals surface area contributed by atoms with Crippen LogP contribution in [0.3, 0.4) is 0 Å². The molecule has 18 heavy (non-hydrogen) atoms. The molecule has 0 spiro atoms. The van der Waals surface area contributed by atoms with E-state index < -0.39 is 6.04 Å². The third kappa shape index (κ3) is 2.84. The van der Waals surface area contributed by atoms with Crippen molar-refractivity contribution in [3.05, 3.63) is 23.2 Å². The van der Waals surface area contributed by atoms with Gasteiger partial charge in [-0.1, -0.05) is 0 Å². The van der Waals surface area contributed by atoms with Gasteiger partial charge in [0.05, 0.1) is 21.8 Å². The molecular weight excluding hydrogens is 250 g/mol. The van der Waals surface area contributed by atoms with Crippen LogP contribution >= 0.6 is 11.3 Å². The highest BCUT2D eigenvalue weighted by atomic mass is 32.1. The molecular formula is C12H15N3O2S. The minimum Gasteiger partial charge on any atom is -0.383 e. The molecule has 0 aliphatic rings. The van der Waals surface area contributed by atoms with Gasteiger partial charge in [0.1, 0.15) is 6.04 Å². The van der Waals surface area contributed by atoms with E-state index in [1.807, 2.05) is 25.1 Å². The Labute approximate surface area is 109 Å². The highest BCUT2D eigenvalue weighted by Crippen LogP contribution is 2.24. The number of thiazole rings is 1. The third-order valence-electron chi connectivity index (χ3n) is 2.45. The fourth-order valence-corrected chi connectivity index (χ4v) is 2.47. The summed E-state index contributed by atoms with van der Waals surface area (Å²) < 4.78 is 5.89. The van der Waals surface area contributed by atoms with E-state index in [1.165, 1.54) is 7.11 Å². The molecule has 2 rings (SSSR count). The van der Waals surface area contributed by atoms with Crippen LogP contribution in [0.15, 0.2) is 18.2 Å². The number of methoxy groups -OCH3 is 1. The van der Waals surface area contributed by atoms with E-state index in [0.717, 1.165) is 20.9 Å². The molecule has 1 heterocycles. The Morgan fingerprint density at radius 2 is 2.39 bits per heavy atom. The minimum absolute atomic E-state index is 0.202. The summed E-state index contributed by atoms with van der Waals surface area (Å²) in [6.45, 7) is 2.16. The molecule has 0 bridgehead atoms. The number of amides is 1. The number of carbonyl (C=O) groups excluding carboxylic acids is 1. The summed E-state index contributed by atoms with van der Waals surface area (Å²) in [5, 5.41) is 3.77. The second-order valence-electron chi connectivity index (χ2n) is 3.97. The quantitative estimate of drug-likeness (QED) is 0.878. The molecule has 0 aliphatic heterocycles. The van der Waals surface area contributed by atoms with Crippen LogP contribution in [0.4, 0.5) is 5.69 Å². The van der Waals surface area contributed by atoms with Crippen molar-refractivity contribution in [3.8, 4) is 0 Å². The van der Waals surface area contributed by atoms with Crippen LogP contribution in [0.25, 0.3) is 10.2 Å². The minimum atomic E-state index is -0.658. The Morgan fingerprint density at radius 3 is 3.11 bits per heavy atom. The van der Waals surface area contributed by atoms with Gasteiger partial charge in [-0.2, -0.15) is 0 Å². The third-order valence-corrected chi connectivity index (χ3v) is 3.38. The van der Waals surface area contributed by atoms with E-state index in [9.17, 15) is 4.79 Å². The number of hydrogen-bond acceptors (Lipinski definition) is 5. The van der Waals surface area contributed by atoms with Crippen molar-refractivity contribution >= 4 is 33.1 Å². The molecule has 5 nitrogen and oxygen atoms in total. The second-order valence-corrected chi connectivity index (χ2v) is 5.20. The number of ether oxygens (including phenoxy) is 1. The van der Waals surface area contributed by atoms with E-state index in [2.05, 4.69) is 10.3 Å². The van der Waals surface area contributed by atoms with Crippen molar-refractivity contribution in [2.75, 3.05) is 19.0 Å². The molecule has 3 N–H and O–H groups in total. The lowest BCUT2D eigenvalue weighted by atomic mass is 10.2. The van der Waals surface area contributed by atoms with Gasteiger partial charge in [-0.05, 0) is 25.1 Å². The second kappa shape index (κ2) is 5.43. The van der Waals surface area contributed by atoms with E-state index in [-0.39, 0.29) is 12.5 Å². The fraction of sp³-hybridized carbons (Fsp3) is 0.333. The van der Waals surface area contributed by atoms with Crippen LogP contribution < -0.4 is 11.1 Å². The molecule has 0 saturated carbocycles. The van der Waals surface area contributed by atoms with Gasteiger partial charge >= 0.3 is 0 Å². The Bertz CT molecular complexity index is 567. The summed E-state index contributed by atoms with van der Waals surface area (Å²) >= 11 is 1.59. The molecule has 6 heteroatoms. The van der Waals surface area contributed by atoms with Crippen molar-refractivity contribution in [1.82, 2.24) is 4.98 Å². The molecule has 2 aromatic rings. The fourth-order valence-electron chi connectivity index (χ4n) is 1.61.